The van der Waals surface area contributed by atoms with E-state index in [4.69, 9.17) is 9.47 Å². The number of rotatable bonds is 7. The molecule has 1 aromatic rings. The summed E-state index contributed by atoms with van der Waals surface area (Å²) in [6.45, 7) is 3.04. The van der Waals surface area contributed by atoms with E-state index in [1.165, 1.54) is 30.0 Å². The quantitative estimate of drug-likeness (QED) is 0.749. The van der Waals surface area contributed by atoms with Gasteiger partial charge in [-0.05, 0) is 49.8 Å². The molecule has 2 rings (SSSR count). The maximum Gasteiger partial charge on any atom is 0.329 e. The molecule has 1 heterocycles. The van der Waals surface area contributed by atoms with Crippen molar-refractivity contribution in [2.24, 2.45) is 5.92 Å². The average molecular weight is 369 g/mol. The number of amides is 1. The van der Waals surface area contributed by atoms with Crippen molar-refractivity contribution in [2.75, 3.05) is 26.1 Å². The summed E-state index contributed by atoms with van der Waals surface area (Å²) in [7, 11) is 0. The van der Waals surface area contributed by atoms with E-state index in [0.717, 1.165) is 12.8 Å². The van der Waals surface area contributed by atoms with Crippen LogP contribution in [0.3, 0.4) is 0 Å². The first-order valence-electron chi connectivity index (χ1n) is 8.39. The zero-order valence-corrected chi connectivity index (χ0v) is 15.4. The molecule has 2 atom stereocenters. The van der Waals surface area contributed by atoms with Gasteiger partial charge in [-0.15, -0.1) is 0 Å². The fourth-order valence-electron chi connectivity index (χ4n) is 2.84. The van der Waals surface area contributed by atoms with Crippen LogP contribution in [0.15, 0.2) is 18.2 Å². The van der Waals surface area contributed by atoms with Crippen LogP contribution in [0.5, 0.6) is 0 Å². The smallest absolute Gasteiger partial charge is 0.329 e. The zero-order chi connectivity index (χ0) is 18.2. The van der Waals surface area contributed by atoms with Crippen molar-refractivity contribution >= 4 is 23.6 Å². The Hall–Kier alpha value is -1.60. The zero-order valence-electron chi connectivity index (χ0n) is 14.5. The maximum atomic E-state index is 13.8. The van der Waals surface area contributed by atoms with Gasteiger partial charge >= 0.3 is 5.97 Å². The van der Waals surface area contributed by atoms with E-state index in [0.29, 0.717) is 30.1 Å². The number of benzene rings is 1. The predicted octanol–water partition coefficient (Wildman–Crippen LogP) is 2.78. The molecule has 1 saturated heterocycles. The lowest BCUT2D eigenvalue weighted by atomic mass is 9.93. The monoisotopic (exact) mass is 369 g/mol. The molecule has 2 unspecified atom stereocenters. The Kier molecular flexibility index (Phi) is 7.71. The van der Waals surface area contributed by atoms with Crippen LogP contribution in [0.2, 0.25) is 0 Å². The third kappa shape index (κ3) is 5.44. The molecule has 0 spiro atoms. The van der Waals surface area contributed by atoms with Crippen LogP contribution < -0.4 is 5.32 Å². The second-order valence-electron chi connectivity index (χ2n) is 5.92. The van der Waals surface area contributed by atoms with Gasteiger partial charge < -0.3 is 14.8 Å². The molecule has 0 aromatic heterocycles. The molecular formula is C18H24FNO4S. The minimum Gasteiger partial charge on any atom is -0.464 e. The number of halogens is 1. The molecule has 1 aromatic carbocycles. The number of esters is 1. The summed E-state index contributed by atoms with van der Waals surface area (Å²) in [6, 6.07) is 3.47. The summed E-state index contributed by atoms with van der Waals surface area (Å²) in [6.07, 6.45) is 3.49. The Morgan fingerprint density at radius 2 is 2.28 bits per heavy atom. The lowest BCUT2D eigenvalue weighted by molar-refractivity contribution is -0.148. The molecule has 1 aliphatic heterocycles. The number of hydrogen-bond donors (Lipinski definition) is 1. The second-order valence-corrected chi connectivity index (χ2v) is 6.79. The normalized spacial score (nSPS) is 18.4. The summed E-state index contributed by atoms with van der Waals surface area (Å²) in [4.78, 5) is 24.9. The standard InChI is InChI=1S/C18H24FNO4S/c1-3-24-18(22)16(13-5-4-8-23-10-13)20-17(21)12-6-7-15(19)14(9-12)11-25-2/h6-7,9,13,16H,3-5,8,10-11H2,1-2H3,(H,20,21). The van der Waals surface area contributed by atoms with E-state index < -0.39 is 17.9 Å². The van der Waals surface area contributed by atoms with Gasteiger partial charge in [-0.1, -0.05) is 0 Å². The van der Waals surface area contributed by atoms with Crippen LogP contribution in [-0.4, -0.2) is 44.0 Å². The lowest BCUT2D eigenvalue weighted by Gasteiger charge is -2.29. The third-order valence-electron chi connectivity index (χ3n) is 4.10. The highest BCUT2D eigenvalue weighted by molar-refractivity contribution is 7.97. The van der Waals surface area contributed by atoms with Crippen LogP contribution in [0.1, 0.15) is 35.7 Å². The maximum absolute atomic E-state index is 13.8. The first kappa shape index (κ1) is 19.7. The number of carbonyl (C=O) groups is 2. The van der Waals surface area contributed by atoms with Crippen molar-refractivity contribution in [3.8, 4) is 0 Å². The topological polar surface area (TPSA) is 64.6 Å². The Morgan fingerprint density at radius 1 is 1.48 bits per heavy atom. The molecule has 7 heteroatoms. The van der Waals surface area contributed by atoms with Gasteiger partial charge in [0, 0.05) is 23.8 Å². The Balaban J connectivity index is 2.15. The van der Waals surface area contributed by atoms with E-state index in [1.54, 1.807) is 6.92 Å². The molecule has 25 heavy (non-hydrogen) atoms. The Bertz CT molecular complexity index is 605. The molecule has 0 aliphatic carbocycles. The minimum absolute atomic E-state index is 0.122. The van der Waals surface area contributed by atoms with E-state index in [2.05, 4.69) is 5.32 Å². The average Bonchev–Trinajstić information content (AvgIpc) is 2.62. The van der Waals surface area contributed by atoms with Gasteiger partial charge in [-0.2, -0.15) is 11.8 Å². The fraction of sp³-hybridized carbons (Fsp3) is 0.556. The summed E-state index contributed by atoms with van der Waals surface area (Å²) in [5.41, 5.74) is 0.797. The largest absolute Gasteiger partial charge is 0.464 e. The SMILES string of the molecule is CCOC(=O)C(NC(=O)c1ccc(F)c(CSC)c1)C1CCCOC1. The summed E-state index contributed by atoms with van der Waals surface area (Å²) in [5.74, 6) is -0.856. The Morgan fingerprint density at radius 3 is 2.92 bits per heavy atom. The van der Waals surface area contributed by atoms with Crippen molar-refractivity contribution in [3.63, 3.8) is 0 Å². The molecule has 5 nitrogen and oxygen atoms in total. The van der Waals surface area contributed by atoms with Gasteiger partial charge in [0.15, 0.2) is 0 Å². The summed E-state index contributed by atoms with van der Waals surface area (Å²) >= 11 is 1.48. The highest BCUT2D eigenvalue weighted by atomic mass is 32.2. The first-order valence-corrected chi connectivity index (χ1v) is 9.78. The molecule has 1 N–H and O–H groups in total. The van der Waals surface area contributed by atoms with Gasteiger partial charge in [0.1, 0.15) is 11.9 Å². The number of nitrogens with one attached hydrogen (secondary N) is 1. The summed E-state index contributed by atoms with van der Waals surface area (Å²) in [5, 5.41) is 2.75. The number of ether oxygens (including phenoxy) is 2. The molecule has 0 bridgehead atoms. The van der Waals surface area contributed by atoms with Crippen LogP contribution in [0, 0.1) is 11.7 Å². The van der Waals surface area contributed by atoms with Gasteiger partial charge in [-0.3, -0.25) is 4.79 Å². The van der Waals surface area contributed by atoms with Gasteiger partial charge in [0.05, 0.1) is 13.2 Å². The van der Waals surface area contributed by atoms with E-state index in [9.17, 15) is 14.0 Å². The molecule has 1 amide bonds. The molecular weight excluding hydrogens is 345 g/mol. The predicted molar refractivity (Wildman–Crippen MR) is 95.0 cm³/mol. The van der Waals surface area contributed by atoms with Crippen molar-refractivity contribution < 1.29 is 23.5 Å². The van der Waals surface area contributed by atoms with Crippen LogP contribution in [0.4, 0.5) is 4.39 Å². The van der Waals surface area contributed by atoms with Gasteiger partial charge in [-0.25, -0.2) is 9.18 Å². The van der Waals surface area contributed by atoms with Crippen molar-refractivity contribution in [2.45, 2.75) is 31.6 Å². The second kappa shape index (κ2) is 9.77. The molecule has 1 aliphatic rings. The van der Waals surface area contributed by atoms with Crippen LogP contribution in [0.25, 0.3) is 0 Å². The first-order chi connectivity index (χ1) is 12.1. The van der Waals surface area contributed by atoms with E-state index in [1.807, 2.05) is 6.26 Å². The third-order valence-corrected chi connectivity index (χ3v) is 4.70. The van der Waals surface area contributed by atoms with Crippen LogP contribution >= 0.6 is 11.8 Å². The lowest BCUT2D eigenvalue weighted by Crippen LogP contribution is -2.49. The molecule has 0 saturated carbocycles. The van der Waals surface area contributed by atoms with Crippen LogP contribution in [-0.2, 0) is 20.0 Å². The highest BCUT2D eigenvalue weighted by Crippen LogP contribution is 2.20. The van der Waals surface area contributed by atoms with E-state index >= 15 is 0 Å². The van der Waals surface area contributed by atoms with Gasteiger partial charge in [0.25, 0.3) is 5.91 Å². The molecule has 0 radical (unpaired) electrons. The molecule has 1 fully saturated rings. The van der Waals surface area contributed by atoms with E-state index in [-0.39, 0.29) is 18.3 Å². The van der Waals surface area contributed by atoms with Crippen molar-refractivity contribution in [1.82, 2.24) is 5.32 Å². The Labute approximate surface area is 151 Å². The minimum atomic E-state index is -0.762. The number of hydrogen-bond acceptors (Lipinski definition) is 5. The molecule has 138 valence electrons. The number of thioether (sulfide) groups is 1. The van der Waals surface area contributed by atoms with Crippen molar-refractivity contribution in [1.29, 1.82) is 0 Å². The fourth-order valence-corrected chi connectivity index (χ4v) is 3.37. The summed E-state index contributed by atoms with van der Waals surface area (Å²) < 4.78 is 24.3. The number of carbonyl (C=O) groups excluding carboxylic acids is 2. The van der Waals surface area contributed by atoms with Gasteiger partial charge in [0.2, 0.25) is 0 Å². The van der Waals surface area contributed by atoms with Crippen molar-refractivity contribution in [3.05, 3.63) is 35.1 Å². The highest BCUT2D eigenvalue weighted by Gasteiger charge is 2.33.